The molecule has 2 atom stereocenters. The number of Topliss-reactive ketones (excluding diaryl/α,β-unsaturated/α-hetero) is 1. The number of hydrogen-bond donors (Lipinski definition) is 2. The van der Waals surface area contributed by atoms with Gasteiger partial charge in [0.2, 0.25) is 0 Å². The van der Waals surface area contributed by atoms with Crippen LogP contribution >= 0.6 is 11.6 Å². The van der Waals surface area contributed by atoms with Crippen molar-refractivity contribution in [1.82, 2.24) is 0 Å². The Balaban J connectivity index is 2.09. The number of nitrogen functional groups attached to an aromatic ring is 2. The third-order valence-electron chi connectivity index (χ3n) is 5.54. The van der Waals surface area contributed by atoms with E-state index in [1.54, 1.807) is 0 Å². The highest BCUT2D eigenvalue weighted by Crippen LogP contribution is 2.65. The van der Waals surface area contributed by atoms with E-state index in [9.17, 15) is 18.0 Å². The van der Waals surface area contributed by atoms with Gasteiger partial charge in [-0.2, -0.15) is 13.2 Å². The van der Waals surface area contributed by atoms with Gasteiger partial charge in [0, 0.05) is 11.3 Å². The van der Waals surface area contributed by atoms with Crippen LogP contribution in [0.5, 0.6) is 0 Å². The Labute approximate surface area is 135 Å². The van der Waals surface area contributed by atoms with Crippen molar-refractivity contribution in [3.05, 3.63) is 27.8 Å². The van der Waals surface area contributed by atoms with Gasteiger partial charge in [-0.05, 0) is 48.4 Å². The van der Waals surface area contributed by atoms with E-state index >= 15 is 0 Å². The van der Waals surface area contributed by atoms with Crippen molar-refractivity contribution in [2.24, 2.45) is 11.3 Å². The zero-order valence-corrected chi connectivity index (χ0v) is 12.8. The molecular formula is C16H14ClF3N2O. The lowest BCUT2D eigenvalue weighted by molar-refractivity contribution is -0.132. The van der Waals surface area contributed by atoms with E-state index in [1.807, 2.05) is 0 Å². The minimum Gasteiger partial charge on any atom is -0.397 e. The molecule has 1 spiro atoms. The topological polar surface area (TPSA) is 69.1 Å². The summed E-state index contributed by atoms with van der Waals surface area (Å²) < 4.78 is 40.8. The van der Waals surface area contributed by atoms with Crippen LogP contribution in [0.15, 0.2) is 11.6 Å². The molecule has 2 unspecified atom stereocenters. The Morgan fingerprint density at radius 3 is 2.61 bits per heavy atom. The number of anilines is 2. The van der Waals surface area contributed by atoms with Gasteiger partial charge in [-0.25, -0.2) is 0 Å². The van der Waals surface area contributed by atoms with Crippen LogP contribution in [0.1, 0.15) is 30.4 Å². The van der Waals surface area contributed by atoms with Gasteiger partial charge in [-0.1, -0.05) is 11.6 Å². The second-order valence-electron chi connectivity index (χ2n) is 6.72. The predicted octanol–water partition coefficient (Wildman–Crippen LogP) is 3.75. The third kappa shape index (κ3) is 1.75. The summed E-state index contributed by atoms with van der Waals surface area (Å²) in [5.41, 5.74) is 11.6. The standard InChI is InChI=1S/C16H14ClF3N2O/c17-9-3-7-8(12(21)13(9)22)5-15-2-1-6(4-15)14(23)11(10(7)15)16(18,19)20/h3,6H,1-2,4-5,21-22H2. The molecule has 23 heavy (non-hydrogen) atoms. The van der Waals surface area contributed by atoms with Crippen LogP contribution in [-0.4, -0.2) is 12.0 Å². The maximum absolute atomic E-state index is 13.6. The minimum absolute atomic E-state index is 0.0901. The van der Waals surface area contributed by atoms with Gasteiger partial charge in [0.05, 0.1) is 16.4 Å². The summed E-state index contributed by atoms with van der Waals surface area (Å²) in [7, 11) is 0. The first-order chi connectivity index (χ1) is 10.7. The van der Waals surface area contributed by atoms with E-state index in [0.29, 0.717) is 36.8 Å². The second-order valence-corrected chi connectivity index (χ2v) is 7.13. The monoisotopic (exact) mass is 342 g/mol. The van der Waals surface area contributed by atoms with E-state index in [4.69, 9.17) is 23.1 Å². The number of nitrogens with two attached hydrogens (primary N) is 2. The number of benzene rings is 1. The Morgan fingerprint density at radius 1 is 1.26 bits per heavy atom. The fourth-order valence-corrected chi connectivity index (χ4v) is 4.81. The number of alkyl halides is 3. The van der Waals surface area contributed by atoms with Crippen molar-refractivity contribution in [2.45, 2.75) is 31.9 Å². The second kappa shape index (κ2) is 4.23. The van der Waals surface area contributed by atoms with Crippen molar-refractivity contribution in [1.29, 1.82) is 0 Å². The molecule has 1 aromatic carbocycles. The number of carbonyl (C=O) groups excluding carboxylic acids is 1. The van der Waals surface area contributed by atoms with E-state index in [-0.39, 0.29) is 22.0 Å². The molecule has 1 saturated carbocycles. The molecule has 2 bridgehead atoms. The van der Waals surface area contributed by atoms with Crippen molar-refractivity contribution in [3.63, 3.8) is 0 Å². The van der Waals surface area contributed by atoms with E-state index in [0.717, 1.165) is 0 Å². The summed E-state index contributed by atoms with van der Waals surface area (Å²) in [5, 5.41) is 0.125. The van der Waals surface area contributed by atoms with Crippen LogP contribution in [0, 0.1) is 11.3 Å². The van der Waals surface area contributed by atoms with Crippen molar-refractivity contribution in [2.75, 3.05) is 11.5 Å². The van der Waals surface area contributed by atoms with Crippen LogP contribution in [0.25, 0.3) is 5.57 Å². The third-order valence-corrected chi connectivity index (χ3v) is 5.86. The number of hydrogen-bond acceptors (Lipinski definition) is 3. The Bertz CT molecular complexity index is 799. The molecule has 1 aromatic rings. The minimum atomic E-state index is -4.68. The summed E-state index contributed by atoms with van der Waals surface area (Å²) in [6.07, 6.45) is -2.78. The Hall–Kier alpha value is -1.69. The van der Waals surface area contributed by atoms with Crippen LogP contribution in [-0.2, 0) is 11.2 Å². The van der Waals surface area contributed by atoms with Crippen LogP contribution < -0.4 is 11.5 Å². The number of halogens is 4. The maximum atomic E-state index is 13.6. The maximum Gasteiger partial charge on any atom is 0.420 e. The molecule has 4 rings (SSSR count). The zero-order chi connectivity index (χ0) is 16.7. The van der Waals surface area contributed by atoms with Crippen molar-refractivity contribution < 1.29 is 18.0 Å². The summed E-state index contributed by atoms with van der Waals surface area (Å²) in [6, 6.07) is 1.43. The normalized spacial score (nSPS) is 29.0. The SMILES string of the molecule is Nc1c(Cl)cc2c(c1N)CC13CCC(C1)C(=O)C(C(F)(F)F)=C23. The molecule has 0 radical (unpaired) electrons. The number of fused-ring (bicyclic) bond motifs is 3. The number of carbonyl (C=O) groups is 1. The summed E-state index contributed by atoms with van der Waals surface area (Å²) in [4.78, 5) is 12.3. The summed E-state index contributed by atoms with van der Waals surface area (Å²) in [5.74, 6) is -1.33. The Kier molecular flexibility index (Phi) is 2.74. The molecular weight excluding hydrogens is 329 g/mol. The number of ketones is 1. The first-order valence-electron chi connectivity index (χ1n) is 7.38. The molecule has 3 aliphatic rings. The quantitative estimate of drug-likeness (QED) is 0.705. The Morgan fingerprint density at radius 2 is 1.96 bits per heavy atom. The molecule has 3 nitrogen and oxygen atoms in total. The van der Waals surface area contributed by atoms with Gasteiger partial charge in [0.25, 0.3) is 0 Å². The first-order valence-corrected chi connectivity index (χ1v) is 7.76. The molecule has 0 aromatic heterocycles. The highest BCUT2D eigenvalue weighted by Gasteiger charge is 2.59. The molecule has 122 valence electrons. The lowest BCUT2D eigenvalue weighted by Gasteiger charge is -2.33. The smallest absolute Gasteiger partial charge is 0.397 e. The van der Waals surface area contributed by atoms with Crippen LogP contribution in [0.4, 0.5) is 24.5 Å². The molecule has 0 amide bonds. The van der Waals surface area contributed by atoms with Crippen LogP contribution in [0.3, 0.4) is 0 Å². The first kappa shape index (κ1) is 14.9. The highest BCUT2D eigenvalue weighted by atomic mass is 35.5. The fourth-order valence-electron chi connectivity index (χ4n) is 4.60. The van der Waals surface area contributed by atoms with E-state index in [1.165, 1.54) is 6.07 Å². The average molecular weight is 343 g/mol. The van der Waals surface area contributed by atoms with Gasteiger partial charge in [-0.3, -0.25) is 4.79 Å². The number of rotatable bonds is 0. The summed E-state index contributed by atoms with van der Waals surface area (Å²) in [6.45, 7) is 0. The van der Waals surface area contributed by atoms with Crippen LogP contribution in [0.2, 0.25) is 5.02 Å². The lowest BCUT2D eigenvalue weighted by Crippen LogP contribution is -2.34. The molecule has 3 aliphatic carbocycles. The van der Waals surface area contributed by atoms with E-state index < -0.39 is 28.9 Å². The molecule has 0 saturated heterocycles. The number of allylic oxidation sites excluding steroid dienone is 2. The van der Waals surface area contributed by atoms with Crippen molar-refractivity contribution in [3.8, 4) is 0 Å². The largest absolute Gasteiger partial charge is 0.420 e. The average Bonchev–Trinajstić information content (AvgIpc) is 2.98. The zero-order valence-electron chi connectivity index (χ0n) is 12.1. The molecule has 1 fully saturated rings. The molecule has 7 heteroatoms. The lowest BCUT2D eigenvalue weighted by atomic mass is 9.71. The van der Waals surface area contributed by atoms with Gasteiger partial charge < -0.3 is 11.5 Å². The van der Waals surface area contributed by atoms with Gasteiger partial charge in [-0.15, -0.1) is 0 Å². The van der Waals surface area contributed by atoms with Gasteiger partial charge in [0.1, 0.15) is 5.57 Å². The van der Waals surface area contributed by atoms with Gasteiger partial charge in [0.15, 0.2) is 5.78 Å². The molecule has 0 aliphatic heterocycles. The summed E-state index contributed by atoms with van der Waals surface area (Å²) >= 11 is 6.03. The highest BCUT2D eigenvalue weighted by molar-refractivity contribution is 6.34. The molecule has 4 N–H and O–H groups in total. The fraction of sp³-hybridized carbons (Fsp3) is 0.438. The predicted molar refractivity (Wildman–Crippen MR) is 81.7 cm³/mol. The van der Waals surface area contributed by atoms with E-state index in [2.05, 4.69) is 0 Å². The molecule has 0 heterocycles. The van der Waals surface area contributed by atoms with Gasteiger partial charge >= 0.3 is 6.18 Å². The van der Waals surface area contributed by atoms with Crippen molar-refractivity contribution >= 4 is 34.3 Å².